The molecule has 24 heavy (non-hydrogen) atoms. The lowest BCUT2D eigenvalue weighted by Gasteiger charge is -2.36. The van der Waals surface area contributed by atoms with Gasteiger partial charge in [0, 0.05) is 36.5 Å². The number of aromatic nitrogens is 1. The average molecular weight is 322 g/mol. The molecule has 3 heterocycles. The van der Waals surface area contributed by atoms with Gasteiger partial charge in [0.25, 0.3) is 0 Å². The number of carbonyl (C=O) groups excluding carboxylic acids is 1. The van der Waals surface area contributed by atoms with Gasteiger partial charge in [-0.15, -0.1) is 0 Å². The van der Waals surface area contributed by atoms with Crippen LogP contribution < -0.4 is 5.73 Å². The van der Waals surface area contributed by atoms with E-state index in [4.69, 9.17) is 5.73 Å². The number of rotatable bonds is 4. The van der Waals surface area contributed by atoms with Crippen molar-refractivity contribution in [3.63, 3.8) is 0 Å². The molecule has 124 valence electrons. The normalized spacial score (nSPS) is 26.6. The number of likely N-dealkylation sites (tertiary alicyclic amines) is 1. The molecule has 0 radical (unpaired) electrons. The molecule has 1 aromatic heterocycles. The Morgan fingerprint density at radius 3 is 2.83 bits per heavy atom. The van der Waals surface area contributed by atoms with Gasteiger partial charge in [0.05, 0.1) is 12.1 Å². The molecule has 1 saturated heterocycles. The van der Waals surface area contributed by atoms with Gasteiger partial charge >= 0.3 is 0 Å². The topological polar surface area (TPSA) is 71.6 Å². The minimum absolute atomic E-state index is 0.202. The zero-order valence-corrected chi connectivity index (χ0v) is 13.9. The third-order valence-corrected chi connectivity index (χ3v) is 5.01. The molecule has 0 bridgehead atoms. The summed E-state index contributed by atoms with van der Waals surface area (Å²) in [5.41, 5.74) is 8.96. The first kappa shape index (κ1) is 15.3. The second kappa shape index (κ2) is 5.98. The van der Waals surface area contributed by atoms with Crippen molar-refractivity contribution >= 4 is 23.0 Å². The Bertz CT molecular complexity index is 810. The predicted octanol–water partition coefficient (Wildman–Crippen LogP) is 2.27. The summed E-state index contributed by atoms with van der Waals surface area (Å²) in [6.45, 7) is 4.39. The molecule has 1 aromatic carbocycles. The summed E-state index contributed by atoms with van der Waals surface area (Å²) in [6, 6.07) is 8.75. The first-order valence-corrected chi connectivity index (χ1v) is 8.53. The van der Waals surface area contributed by atoms with Crippen molar-refractivity contribution < 1.29 is 4.79 Å². The molecule has 0 aliphatic carbocycles. The average Bonchev–Trinajstić information content (AvgIpc) is 3.37. The van der Waals surface area contributed by atoms with Crippen LogP contribution in [0.2, 0.25) is 0 Å². The summed E-state index contributed by atoms with van der Waals surface area (Å²) >= 11 is 0. The maximum atomic E-state index is 11.3. The van der Waals surface area contributed by atoms with Crippen LogP contribution in [0.4, 0.5) is 0 Å². The largest absolute Gasteiger partial charge is 0.369 e. The Labute approximate surface area is 141 Å². The highest BCUT2D eigenvalue weighted by Crippen LogP contribution is 2.37. The number of carbonyl (C=O) groups is 1. The predicted molar refractivity (Wildman–Crippen MR) is 95.1 cm³/mol. The van der Waals surface area contributed by atoms with Gasteiger partial charge in [-0.25, -0.2) is 0 Å². The Morgan fingerprint density at radius 1 is 1.29 bits per heavy atom. The summed E-state index contributed by atoms with van der Waals surface area (Å²) < 4.78 is 0. The number of nitrogens with two attached hydrogens (primary N) is 1. The van der Waals surface area contributed by atoms with Gasteiger partial charge in [0.2, 0.25) is 5.91 Å². The van der Waals surface area contributed by atoms with Crippen molar-refractivity contribution in [3.8, 4) is 0 Å². The summed E-state index contributed by atoms with van der Waals surface area (Å²) in [7, 11) is 0. The fourth-order valence-corrected chi connectivity index (χ4v) is 4.05. The number of piperidine rings is 1. The summed E-state index contributed by atoms with van der Waals surface area (Å²) in [6.07, 6.45) is 4.93. The second-order valence-electron chi connectivity index (χ2n) is 7.08. The molecule has 4 rings (SSSR count). The highest BCUT2D eigenvalue weighted by molar-refractivity contribution is 5.92. The van der Waals surface area contributed by atoms with Crippen molar-refractivity contribution in [1.82, 2.24) is 9.88 Å². The van der Waals surface area contributed by atoms with E-state index in [2.05, 4.69) is 40.0 Å². The smallest absolute Gasteiger partial charge is 0.231 e. The second-order valence-corrected chi connectivity index (χ2v) is 7.08. The van der Waals surface area contributed by atoms with Crippen LogP contribution in [0.25, 0.3) is 10.9 Å². The maximum absolute atomic E-state index is 11.3. The molecule has 5 nitrogen and oxygen atoms in total. The van der Waals surface area contributed by atoms with Gasteiger partial charge in [0.1, 0.15) is 6.04 Å². The number of benzene rings is 1. The number of primary amides is 1. The van der Waals surface area contributed by atoms with E-state index in [1.807, 2.05) is 18.5 Å². The molecule has 5 heteroatoms. The Kier molecular flexibility index (Phi) is 3.81. The van der Waals surface area contributed by atoms with Crippen LogP contribution in [0, 0.1) is 5.92 Å². The Hall–Kier alpha value is -2.27. The van der Waals surface area contributed by atoms with Crippen LogP contribution in [0.15, 0.2) is 35.5 Å². The Morgan fingerprint density at radius 2 is 2.08 bits per heavy atom. The van der Waals surface area contributed by atoms with E-state index >= 15 is 0 Å². The molecule has 2 N–H and O–H groups in total. The molecule has 2 aliphatic heterocycles. The van der Waals surface area contributed by atoms with Crippen molar-refractivity contribution in [2.75, 3.05) is 19.6 Å². The third-order valence-electron chi connectivity index (χ3n) is 5.01. The monoisotopic (exact) mass is 322 g/mol. The zero-order chi connectivity index (χ0) is 16.7. The van der Waals surface area contributed by atoms with Crippen molar-refractivity contribution in [2.45, 2.75) is 25.3 Å². The molecule has 1 fully saturated rings. The van der Waals surface area contributed by atoms with Gasteiger partial charge in [-0.3, -0.25) is 19.7 Å². The number of nitrogens with zero attached hydrogens (tertiary/aromatic N) is 3. The van der Waals surface area contributed by atoms with Gasteiger partial charge in [-0.1, -0.05) is 25.1 Å². The minimum Gasteiger partial charge on any atom is -0.369 e. The van der Waals surface area contributed by atoms with Crippen molar-refractivity contribution in [2.24, 2.45) is 16.6 Å². The molecule has 1 unspecified atom stereocenters. The number of hydrogen-bond donors (Lipinski definition) is 1. The van der Waals surface area contributed by atoms with Gasteiger partial charge < -0.3 is 5.73 Å². The lowest BCUT2D eigenvalue weighted by atomic mass is 9.83. The van der Waals surface area contributed by atoms with Crippen LogP contribution in [-0.4, -0.2) is 41.6 Å². The van der Waals surface area contributed by atoms with E-state index in [0.29, 0.717) is 18.4 Å². The minimum atomic E-state index is -0.254. The number of fused-ring (bicyclic) bond motifs is 1. The maximum Gasteiger partial charge on any atom is 0.231 e. The molecule has 0 spiro atoms. The quantitative estimate of drug-likeness (QED) is 0.938. The lowest BCUT2D eigenvalue weighted by Crippen LogP contribution is -2.43. The van der Waals surface area contributed by atoms with Gasteiger partial charge in [-0.2, -0.15) is 0 Å². The van der Waals surface area contributed by atoms with Crippen LogP contribution in [0.1, 0.15) is 36.4 Å². The summed E-state index contributed by atoms with van der Waals surface area (Å²) in [5, 5.41) is 1.21. The SMILES string of the molecule is C[C@H]1C[C@H](c2ccc(C3C=N3)c3ncccc23)CN(CC(N)=O)C1. The van der Waals surface area contributed by atoms with E-state index in [0.717, 1.165) is 25.0 Å². The number of amides is 1. The van der Waals surface area contributed by atoms with E-state index < -0.39 is 0 Å². The Balaban J connectivity index is 1.70. The van der Waals surface area contributed by atoms with E-state index in [1.54, 1.807) is 0 Å². The summed E-state index contributed by atoms with van der Waals surface area (Å²) in [4.78, 5) is 22.4. The third kappa shape index (κ3) is 2.91. The van der Waals surface area contributed by atoms with E-state index in [9.17, 15) is 4.79 Å². The number of hydrogen-bond acceptors (Lipinski definition) is 4. The highest BCUT2D eigenvalue weighted by atomic mass is 16.1. The van der Waals surface area contributed by atoms with Crippen molar-refractivity contribution in [3.05, 3.63) is 41.6 Å². The van der Waals surface area contributed by atoms with Crippen LogP contribution in [0.3, 0.4) is 0 Å². The molecule has 2 aromatic rings. The van der Waals surface area contributed by atoms with Crippen LogP contribution in [-0.2, 0) is 4.79 Å². The van der Waals surface area contributed by atoms with Crippen LogP contribution in [0.5, 0.6) is 0 Å². The molecule has 0 saturated carbocycles. The van der Waals surface area contributed by atoms with E-state index in [-0.39, 0.29) is 11.9 Å². The van der Waals surface area contributed by atoms with Crippen molar-refractivity contribution in [1.29, 1.82) is 0 Å². The van der Waals surface area contributed by atoms with Gasteiger partial charge in [0.15, 0.2) is 0 Å². The first-order valence-electron chi connectivity index (χ1n) is 8.53. The zero-order valence-electron chi connectivity index (χ0n) is 13.9. The molecule has 1 amide bonds. The first-order chi connectivity index (χ1) is 11.6. The molecular formula is C19H22N4O. The highest BCUT2D eigenvalue weighted by Gasteiger charge is 2.29. The fourth-order valence-electron chi connectivity index (χ4n) is 4.05. The lowest BCUT2D eigenvalue weighted by molar-refractivity contribution is -0.119. The standard InChI is InChI=1S/C19H22N4O/c1-12-7-13(10-23(9-12)11-18(20)24)14-4-5-16(17-8-22-17)19-15(14)3-2-6-21-19/h2-6,8,12-13,17H,7,9-11H2,1H3,(H2,20,24)/t12-,13-,17?/m0/s1. The number of aliphatic imine (C=N–C) groups is 1. The van der Waals surface area contributed by atoms with Gasteiger partial charge in [-0.05, 0) is 29.9 Å². The molecular weight excluding hydrogens is 300 g/mol. The fraction of sp³-hybridized carbons (Fsp3) is 0.421. The van der Waals surface area contributed by atoms with E-state index in [1.165, 1.54) is 16.5 Å². The summed E-state index contributed by atoms with van der Waals surface area (Å²) in [5.74, 6) is 0.686. The number of pyridine rings is 1. The molecule has 2 aliphatic rings. The molecule has 3 atom stereocenters. The van der Waals surface area contributed by atoms with Crippen LogP contribution >= 0.6 is 0 Å².